The van der Waals surface area contributed by atoms with Gasteiger partial charge in [0.2, 0.25) is 0 Å². The normalized spacial score (nSPS) is 14.8. The summed E-state index contributed by atoms with van der Waals surface area (Å²) in [6.45, 7) is 0.680. The fraction of sp³-hybridized carbons (Fsp3) is 0.200. The van der Waals surface area contributed by atoms with Crippen LogP contribution in [0.2, 0.25) is 10.0 Å². The minimum absolute atomic E-state index is 0.324. The van der Waals surface area contributed by atoms with Crippen LogP contribution in [0.1, 0.15) is 22.1 Å². The molecule has 1 nitrogen and oxygen atoms in total. The van der Waals surface area contributed by atoms with Crippen LogP contribution in [0, 0.1) is 3.57 Å². The maximum absolute atomic E-state index is 6.61. The molecule has 1 heterocycles. The van der Waals surface area contributed by atoms with Crippen molar-refractivity contribution >= 4 is 57.4 Å². The Morgan fingerprint density at radius 2 is 1.95 bits per heavy atom. The summed E-state index contributed by atoms with van der Waals surface area (Å²) in [5.74, 6) is 0.865. The Balaban J connectivity index is 2.06. The van der Waals surface area contributed by atoms with Crippen molar-refractivity contribution in [3.63, 3.8) is 0 Å². The molecule has 0 radical (unpaired) electrons. The molecule has 0 aliphatic carbocycles. The molecule has 20 heavy (non-hydrogen) atoms. The Kier molecular flexibility index (Phi) is 4.37. The van der Waals surface area contributed by atoms with Gasteiger partial charge >= 0.3 is 0 Å². The highest BCUT2D eigenvalue weighted by molar-refractivity contribution is 14.1. The van der Waals surface area contributed by atoms with Gasteiger partial charge in [-0.05, 0) is 58.0 Å². The standard InChI is InChI=1S/C15H10Cl3IO/c16-10-5-9-3-4-20-15(9)11(7-10)14(18)8-1-2-13(19)12(17)6-8/h1-2,5-7,14H,3-4H2. The van der Waals surface area contributed by atoms with Gasteiger partial charge in [0.05, 0.1) is 17.0 Å². The summed E-state index contributed by atoms with van der Waals surface area (Å²) >= 11 is 21.2. The number of alkyl halides is 1. The molecule has 0 N–H and O–H groups in total. The largest absolute Gasteiger partial charge is 0.493 e. The van der Waals surface area contributed by atoms with Crippen LogP contribution in [0.15, 0.2) is 30.3 Å². The van der Waals surface area contributed by atoms with E-state index in [-0.39, 0.29) is 5.38 Å². The molecular weight excluding hydrogens is 429 g/mol. The van der Waals surface area contributed by atoms with E-state index in [2.05, 4.69) is 22.6 Å². The van der Waals surface area contributed by atoms with Gasteiger partial charge in [0.1, 0.15) is 5.75 Å². The van der Waals surface area contributed by atoms with Crippen molar-refractivity contribution < 1.29 is 4.74 Å². The van der Waals surface area contributed by atoms with Gasteiger partial charge < -0.3 is 4.74 Å². The molecule has 0 saturated heterocycles. The van der Waals surface area contributed by atoms with Crippen LogP contribution in [0.25, 0.3) is 0 Å². The van der Waals surface area contributed by atoms with Gasteiger partial charge in [-0.1, -0.05) is 29.3 Å². The summed E-state index contributed by atoms with van der Waals surface area (Å²) in [5.41, 5.74) is 2.97. The van der Waals surface area contributed by atoms with Gasteiger partial charge in [-0.25, -0.2) is 0 Å². The van der Waals surface area contributed by atoms with Crippen molar-refractivity contribution in [3.05, 3.63) is 60.6 Å². The highest BCUT2D eigenvalue weighted by atomic mass is 127. The van der Waals surface area contributed by atoms with Crippen molar-refractivity contribution in [1.82, 2.24) is 0 Å². The number of fused-ring (bicyclic) bond motifs is 1. The van der Waals surface area contributed by atoms with E-state index in [1.165, 1.54) is 0 Å². The van der Waals surface area contributed by atoms with E-state index in [9.17, 15) is 0 Å². The summed E-state index contributed by atoms with van der Waals surface area (Å²) in [7, 11) is 0. The Bertz CT molecular complexity index is 672. The second-order valence-electron chi connectivity index (χ2n) is 4.62. The van der Waals surface area contributed by atoms with E-state index in [0.717, 1.165) is 32.4 Å². The summed E-state index contributed by atoms with van der Waals surface area (Å²) < 4.78 is 6.71. The average Bonchev–Trinajstić information content (AvgIpc) is 2.88. The smallest absolute Gasteiger partial charge is 0.127 e. The molecule has 0 spiro atoms. The lowest BCUT2D eigenvalue weighted by Crippen LogP contribution is -1.98. The molecule has 0 saturated carbocycles. The summed E-state index contributed by atoms with van der Waals surface area (Å²) in [6, 6.07) is 9.64. The minimum atomic E-state index is -0.324. The maximum Gasteiger partial charge on any atom is 0.127 e. The van der Waals surface area contributed by atoms with Gasteiger partial charge in [0.15, 0.2) is 0 Å². The first kappa shape index (κ1) is 14.8. The van der Waals surface area contributed by atoms with Gasteiger partial charge in [-0.3, -0.25) is 0 Å². The lowest BCUT2D eigenvalue weighted by molar-refractivity contribution is 0.353. The van der Waals surface area contributed by atoms with E-state index in [1.54, 1.807) is 0 Å². The quantitative estimate of drug-likeness (QED) is 0.421. The molecule has 0 aromatic heterocycles. The Morgan fingerprint density at radius 1 is 1.15 bits per heavy atom. The van der Waals surface area contributed by atoms with Crippen LogP contribution < -0.4 is 4.74 Å². The molecule has 2 aromatic carbocycles. The second kappa shape index (κ2) is 5.91. The van der Waals surface area contributed by atoms with Gasteiger partial charge in [0.25, 0.3) is 0 Å². The van der Waals surface area contributed by atoms with Crippen molar-refractivity contribution in [2.75, 3.05) is 6.61 Å². The third-order valence-electron chi connectivity index (χ3n) is 3.29. The monoisotopic (exact) mass is 438 g/mol. The predicted molar refractivity (Wildman–Crippen MR) is 92.5 cm³/mol. The first-order valence-electron chi connectivity index (χ1n) is 6.10. The van der Waals surface area contributed by atoms with E-state index < -0.39 is 0 Å². The molecule has 1 aliphatic heterocycles. The van der Waals surface area contributed by atoms with Crippen LogP contribution in [0.5, 0.6) is 5.75 Å². The number of ether oxygens (including phenoxy) is 1. The topological polar surface area (TPSA) is 9.23 Å². The van der Waals surface area contributed by atoms with Crippen LogP contribution in [-0.4, -0.2) is 6.61 Å². The number of halogens is 4. The number of benzene rings is 2. The first-order valence-corrected chi connectivity index (χ1v) is 8.37. The van der Waals surface area contributed by atoms with E-state index in [4.69, 9.17) is 39.5 Å². The second-order valence-corrected chi connectivity index (χ2v) is 7.06. The van der Waals surface area contributed by atoms with Crippen molar-refractivity contribution in [2.24, 2.45) is 0 Å². The number of hydrogen-bond donors (Lipinski definition) is 0. The van der Waals surface area contributed by atoms with Crippen molar-refractivity contribution in [2.45, 2.75) is 11.8 Å². The molecule has 0 bridgehead atoms. The molecule has 1 unspecified atom stereocenters. The highest BCUT2D eigenvalue weighted by Gasteiger charge is 2.23. The minimum Gasteiger partial charge on any atom is -0.493 e. The van der Waals surface area contributed by atoms with E-state index in [1.807, 2.05) is 30.3 Å². The Morgan fingerprint density at radius 3 is 2.70 bits per heavy atom. The first-order chi connectivity index (χ1) is 9.56. The fourth-order valence-corrected chi connectivity index (χ4v) is 3.41. The lowest BCUT2D eigenvalue weighted by Gasteiger charge is -2.15. The Labute approximate surface area is 146 Å². The summed E-state index contributed by atoms with van der Waals surface area (Å²) in [6.07, 6.45) is 0.875. The van der Waals surface area contributed by atoms with Crippen LogP contribution >= 0.6 is 57.4 Å². The summed E-state index contributed by atoms with van der Waals surface area (Å²) in [4.78, 5) is 0. The van der Waals surface area contributed by atoms with Crippen molar-refractivity contribution in [3.8, 4) is 5.75 Å². The number of hydrogen-bond acceptors (Lipinski definition) is 1. The molecule has 5 heteroatoms. The summed E-state index contributed by atoms with van der Waals surface area (Å²) in [5, 5.41) is 1.06. The zero-order valence-corrected chi connectivity index (χ0v) is 14.7. The van der Waals surface area contributed by atoms with Crippen LogP contribution in [0.4, 0.5) is 0 Å². The van der Waals surface area contributed by atoms with E-state index in [0.29, 0.717) is 16.7 Å². The maximum atomic E-state index is 6.61. The molecule has 1 atom stereocenters. The molecule has 2 aromatic rings. The third-order valence-corrected chi connectivity index (χ3v) is 5.56. The molecule has 3 rings (SSSR count). The third kappa shape index (κ3) is 2.76. The number of rotatable bonds is 2. The SMILES string of the molecule is Clc1cc2c(c(C(Cl)c3ccc(I)c(Cl)c3)c1)OCC2. The zero-order chi connectivity index (χ0) is 14.3. The Hall–Kier alpha value is -0.160. The predicted octanol–water partition coefficient (Wildman–Crippen LogP) is 5.86. The fourth-order valence-electron chi connectivity index (χ4n) is 2.34. The molecule has 1 aliphatic rings. The van der Waals surface area contributed by atoms with E-state index >= 15 is 0 Å². The van der Waals surface area contributed by atoms with Crippen LogP contribution in [-0.2, 0) is 6.42 Å². The molecular formula is C15H10Cl3IO. The molecule has 0 amide bonds. The van der Waals surface area contributed by atoms with Crippen molar-refractivity contribution in [1.29, 1.82) is 0 Å². The van der Waals surface area contributed by atoms with Gasteiger partial charge in [-0.15, -0.1) is 11.6 Å². The van der Waals surface area contributed by atoms with Crippen LogP contribution in [0.3, 0.4) is 0 Å². The average molecular weight is 440 g/mol. The highest BCUT2D eigenvalue weighted by Crippen LogP contribution is 2.42. The molecule has 0 fully saturated rings. The van der Waals surface area contributed by atoms with Gasteiger partial charge in [-0.2, -0.15) is 0 Å². The lowest BCUT2D eigenvalue weighted by atomic mass is 10.0. The van der Waals surface area contributed by atoms with Gasteiger partial charge in [0, 0.05) is 20.6 Å². The zero-order valence-electron chi connectivity index (χ0n) is 10.3. The molecule has 104 valence electrons.